The smallest absolute Gasteiger partial charge is 0.188 e. The summed E-state index contributed by atoms with van der Waals surface area (Å²) in [6.45, 7) is 1.55. The number of hydrogen-bond acceptors (Lipinski definition) is 6. The van der Waals surface area contributed by atoms with Crippen LogP contribution in [-0.4, -0.2) is 38.1 Å². The van der Waals surface area contributed by atoms with Gasteiger partial charge in [0.25, 0.3) is 0 Å². The van der Waals surface area contributed by atoms with Crippen molar-refractivity contribution < 1.29 is 26.3 Å². The van der Waals surface area contributed by atoms with Gasteiger partial charge in [0.1, 0.15) is 22.3 Å². The van der Waals surface area contributed by atoms with Gasteiger partial charge in [0.05, 0.1) is 19.0 Å². The molecule has 11 heteroatoms. The predicted octanol–water partition coefficient (Wildman–Crippen LogP) is 4.29. The minimum absolute atomic E-state index is 0.0172. The van der Waals surface area contributed by atoms with Gasteiger partial charge >= 0.3 is 0 Å². The summed E-state index contributed by atoms with van der Waals surface area (Å²) in [6, 6.07) is 8.80. The van der Waals surface area contributed by atoms with Crippen molar-refractivity contribution in [2.45, 2.75) is 23.0 Å². The lowest BCUT2D eigenvalue weighted by Crippen LogP contribution is -2.38. The number of sulfone groups is 1. The highest BCUT2D eigenvalue weighted by Gasteiger charge is 2.28. The molecule has 6 nitrogen and oxygen atoms in total. The molecule has 1 fully saturated rings. The van der Waals surface area contributed by atoms with E-state index in [-0.39, 0.29) is 30.0 Å². The van der Waals surface area contributed by atoms with Crippen molar-refractivity contribution in [1.29, 1.82) is 0 Å². The van der Waals surface area contributed by atoms with Gasteiger partial charge in [-0.15, -0.1) is 0 Å². The fraction of sp³-hybridized carbons (Fsp3) is 0.304. The minimum atomic E-state index is -4.32. The maximum absolute atomic E-state index is 14.7. The second kappa shape index (κ2) is 10.3. The zero-order valence-corrected chi connectivity index (χ0v) is 19.4. The van der Waals surface area contributed by atoms with Crippen LogP contribution in [0.4, 0.5) is 13.2 Å². The molecule has 34 heavy (non-hydrogen) atoms. The summed E-state index contributed by atoms with van der Waals surface area (Å²) in [6.07, 6.45) is 2.43. The minimum Gasteiger partial charge on any atom is -0.490 e. The Morgan fingerprint density at radius 2 is 1.76 bits per heavy atom. The van der Waals surface area contributed by atoms with Crippen molar-refractivity contribution in [3.05, 3.63) is 82.7 Å². The van der Waals surface area contributed by atoms with Crippen LogP contribution < -0.4 is 10.1 Å². The van der Waals surface area contributed by atoms with Crippen LogP contribution in [0.2, 0.25) is 5.02 Å². The molecule has 2 atom stereocenters. The van der Waals surface area contributed by atoms with Crippen molar-refractivity contribution in [2.75, 3.05) is 19.7 Å². The molecule has 0 aliphatic carbocycles. The number of aromatic nitrogens is 2. The van der Waals surface area contributed by atoms with Crippen molar-refractivity contribution in [3.63, 3.8) is 0 Å². The van der Waals surface area contributed by atoms with E-state index in [1.807, 2.05) is 24.3 Å². The standard InChI is InChI=1S/C23H21ClF3N3O3S/c24-16-3-1-14(2-4-16)18-5-6-28-9-15(18)12-33-21-7-20(27)22(8-19(21)26)34(31,32)13-23-29-10-17(25)11-30-23/h1-4,7-8,10-11,15,18,28H,5-6,9,12-13H2/t15-,18?/m0/s1. The first-order valence-electron chi connectivity index (χ1n) is 10.5. The molecule has 1 saturated heterocycles. The maximum atomic E-state index is 14.7. The van der Waals surface area contributed by atoms with Gasteiger partial charge in [-0.3, -0.25) is 0 Å². The third kappa shape index (κ3) is 5.68. The van der Waals surface area contributed by atoms with E-state index in [9.17, 15) is 21.6 Å². The molecule has 1 aromatic heterocycles. The molecule has 3 aromatic rings. The number of hydrogen-bond donors (Lipinski definition) is 1. The third-order valence-corrected chi connectivity index (χ3v) is 7.55. The predicted molar refractivity (Wildman–Crippen MR) is 120 cm³/mol. The number of ether oxygens (including phenoxy) is 1. The molecule has 1 unspecified atom stereocenters. The molecule has 2 heterocycles. The zero-order chi connectivity index (χ0) is 24.3. The van der Waals surface area contributed by atoms with E-state index in [4.69, 9.17) is 16.3 Å². The summed E-state index contributed by atoms with van der Waals surface area (Å²) < 4.78 is 73.0. The van der Waals surface area contributed by atoms with Gasteiger partial charge in [-0.1, -0.05) is 23.7 Å². The first kappa shape index (κ1) is 24.4. The molecule has 0 spiro atoms. The Kier molecular flexibility index (Phi) is 7.39. The lowest BCUT2D eigenvalue weighted by Gasteiger charge is -2.32. The van der Waals surface area contributed by atoms with Crippen molar-refractivity contribution in [2.24, 2.45) is 5.92 Å². The molecular formula is C23H21ClF3N3O3S. The number of piperidine rings is 1. The van der Waals surface area contributed by atoms with E-state index in [0.717, 1.165) is 37.0 Å². The van der Waals surface area contributed by atoms with Crippen LogP contribution in [0.3, 0.4) is 0 Å². The summed E-state index contributed by atoms with van der Waals surface area (Å²) in [7, 11) is -4.32. The molecule has 0 bridgehead atoms. The fourth-order valence-corrected chi connectivity index (χ4v) is 5.37. The monoisotopic (exact) mass is 511 g/mol. The van der Waals surface area contributed by atoms with Crippen LogP contribution in [0.15, 0.2) is 53.7 Å². The topological polar surface area (TPSA) is 81.2 Å². The van der Waals surface area contributed by atoms with E-state index in [0.29, 0.717) is 17.6 Å². The van der Waals surface area contributed by atoms with E-state index >= 15 is 0 Å². The third-order valence-electron chi connectivity index (χ3n) is 5.67. The van der Waals surface area contributed by atoms with E-state index in [2.05, 4.69) is 15.3 Å². The Bertz CT molecular complexity index is 1260. The maximum Gasteiger partial charge on any atom is 0.188 e. The summed E-state index contributed by atoms with van der Waals surface area (Å²) >= 11 is 5.98. The van der Waals surface area contributed by atoms with Gasteiger partial charge in [-0.2, -0.15) is 0 Å². The van der Waals surface area contributed by atoms with Crippen molar-refractivity contribution in [3.8, 4) is 5.75 Å². The average molecular weight is 512 g/mol. The second-order valence-corrected chi connectivity index (χ2v) is 10.4. The summed E-state index contributed by atoms with van der Waals surface area (Å²) in [5.41, 5.74) is 1.08. The Morgan fingerprint density at radius 3 is 2.47 bits per heavy atom. The summed E-state index contributed by atoms with van der Waals surface area (Å²) in [4.78, 5) is 6.27. The Morgan fingerprint density at radius 1 is 1.06 bits per heavy atom. The largest absolute Gasteiger partial charge is 0.490 e. The van der Waals surface area contributed by atoms with Crippen LogP contribution in [-0.2, 0) is 15.6 Å². The van der Waals surface area contributed by atoms with Crippen LogP contribution in [0, 0.1) is 23.4 Å². The number of benzene rings is 2. The van der Waals surface area contributed by atoms with Crippen LogP contribution in [0.5, 0.6) is 5.75 Å². The van der Waals surface area contributed by atoms with Gasteiger partial charge in [-0.25, -0.2) is 31.6 Å². The molecule has 180 valence electrons. The number of nitrogens with zero attached hydrogens (tertiary/aromatic N) is 2. The number of halogens is 4. The number of nitrogens with one attached hydrogen (secondary N) is 1. The highest BCUT2D eigenvalue weighted by atomic mass is 35.5. The fourth-order valence-electron chi connectivity index (χ4n) is 3.96. The van der Waals surface area contributed by atoms with Crippen molar-refractivity contribution in [1.82, 2.24) is 15.3 Å². The highest BCUT2D eigenvalue weighted by Crippen LogP contribution is 2.33. The molecule has 0 radical (unpaired) electrons. The Balaban J connectivity index is 1.49. The molecule has 2 aromatic carbocycles. The average Bonchev–Trinajstić information content (AvgIpc) is 2.81. The SMILES string of the molecule is O=S(=O)(Cc1ncc(F)cn1)c1cc(F)c(OC[C@@H]2CNCCC2c2ccc(Cl)cc2)cc1F. The molecule has 0 saturated carbocycles. The van der Waals surface area contributed by atoms with E-state index in [1.54, 1.807) is 0 Å². The van der Waals surface area contributed by atoms with Crippen LogP contribution >= 0.6 is 11.6 Å². The van der Waals surface area contributed by atoms with Gasteiger partial charge in [-0.05, 0) is 42.6 Å². The molecule has 1 aliphatic rings. The second-order valence-electron chi connectivity index (χ2n) is 8.01. The van der Waals surface area contributed by atoms with E-state index in [1.165, 1.54) is 0 Å². The lowest BCUT2D eigenvalue weighted by atomic mass is 9.81. The van der Waals surface area contributed by atoms with Crippen LogP contribution in [0.1, 0.15) is 23.7 Å². The first-order chi connectivity index (χ1) is 16.2. The van der Waals surface area contributed by atoms with Gasteiger partial charge in [0.15, 0.2) is 27.2 Å². The zero-order valence-electron chi connectivity index (χ0n) is 17.8. The first-order valence-corrected chi connectivity index (χ1v) is 12.5. The molecule has 1 N–H and O–H groups in total. The normalized spacial score (nSPS) is 18.6. The highest BCUT2D eigenvalue weighted by molar-refractivity contribution is 7.90. The molecule has 4 rings (SSSR count). The summed E-state index contributed by atoms with van der Waals surface area (Å²) in [5.74, 6) is -4.21. The summed E-state index contributed by atoms with van der Waals surface area (Å²) in [5, 5.41) is 3.90. The quantitative estimate of drug-likeness (QED) is 0.509. The molecule has 0 amide bonds. The van der Waals surface area contributed by atoms with Crippen LogP contribution in [0.25, 0.3) is 0 Å². The number of rotatable bonds is 7. The van der Waals surface area contributed by atoms with Gasteiger partial charge < -0.3 is 10.1 Å². The van der Waals surface area contributed by atoms with Gasteiger partial charge in [0.2, 0.25) is 0 Å². The lowest BCUT2D eigenvalue weighted by molar-refractivity contribution is 0.190. The Labute approximate surface area is 200 Å². The molecular weight excluding hydrogens is 491 g/mol. The Hall–Kier alpha value is -2.69. The molecule has 1 aliphatic heterocycles. The van der Waals surface area contributed by atoms with Gasteiger partial charge in [0, 0.05) is 23.6 Å². The van der Waals surface area contributed by atoms with E-state index < -0.39 is 37.9 Å². The van der Waals surface area contributed by atoms with Crippen molar-refractivity contribution >= 4 is 21.4 Å².